The van der Waals surface area contributed by atoms with Crippen molar-refractivity contribution in [3.63, 3.8) is 0 Å². The minimum Gasteiger partial charge on any atom is -0.504 e. The first-order valence-corrected chi connectivity index (χ1v) is 15.2. The molecule has 0 amide bonds. The second kappa shape index (κ2) is 15.2. The van der Waals surface area contributed by atoms with E-state index in [4.69, 9.17) is 18.9 Å². The zero-order valence-corrected chi connectivity index (χ0v) is 26.7. The standard InChI is InChI=1S/C36H30O16/c37-21-6-1-18(11-24(21)40)14-29(34(44)45)49-31(43)10-4-17-3-9-27-28(13-17)51-33(32(50-27)20-5-8-23(39)26(42)16-20)36(48)52-30(35(46)47)15-19-2-7-22(38)25(41)12-19/h1-13,16,29-30,32-33,37-42H,14-15H2,(H,44,45)(H,46,47)/t29-,30+,32-,33-/m1/s1. The summed E-state index contributed by atoms with van der Waals surface area (Å²) in [6, 6.07) is 15.0. The van der Waals surface area contributed by atoms with Crippen LogP contribution in [0.5, 0.6) is 46.0 Å². The third kappa shape index (κ3) is 8.54. The second-order valence-electron chi connectivity index (χ2n) is 11.4. The summed E-state index contributed by atoms with van der Waals surface area (Å²) in [6.45, 7) is 0. The van der Waals surface area contributed by atoms with Gasteiger partial charge >= 0.3 is 23.9 Å². The molecule has 0 aromatic heterocycles. The molecule has 4 aromatic carbocycles. The van der Waals surface area contributed by atoms with Crippen molar-refractivity contribution < 1.29 is 79.0 Å². The highest BCUT2D eigenvalue weighted by Crippen LogP contribution is 2.42. The molecule has 8 N–H and O–H groups in total. The van der Waals surface area contributed by atoms with Crippen LogP contribution in [0.1, 0.15) is 28.4 Å². The fourth-order valence-corrected chi connectivity index (χ4v) is 5.08. The number of carbonyl (C=O) groups excluding carboxylic acids is 2. The minimum absolute atomic E-state index is 0.0531. The maximum Gasteiger partial charge on any atom is 0.352 e. The summed E-state index contributed by atoms with van der Waals surface area (Å²) in [5, 5.41) is 77.8. The first-order chi connectivity index (χ1) is 24.7. The van der Waals surface area contributed by atoms with Crippen LogP contribution in [-0.4, -0.2) is 83.0 Å². The lowest BCUT2D eigenvalue weighted by molar-refractivity contribution is -0.173. The number of phenols is 6. The number of esters is 2. The minimum atomic E-state index is -1.79. The van der Waals surface area contributed by atoms with Crippen molar-refractivity contribution in [2.75, 3.05) is 0 Å². The molecule has 52 heavy (non-hydrogen) atoms. The van der Waals surface area contributed by atoms with E-state index in [9.17, 15) is 60.0 Å². The van der Waals surface area contributed by atoms with E-state index in [1.165, 1.54) is 42.5 Å². The fraction of sp³-hybridized carbons (Fsp3) is 0.167. The summed E-state index contributed by atoms with van der Waals surface area (Å²) in [5.41, 5.74) is 0.916. The molecule has 1 aliphatic rings. The number of aliphatic carboxylic acids is 2. The van der Waals surface area contributed by atoms with Gasteiger partial charge in [0, 0.05) is 24.5 Å². The van der Waals surface area contributed by atoms with Gasteiger partial charge < -0.3 is 59.8 Å². The Morgan fingerprint density at radius 3 is 1.69 bits per heavy atom. The molecule has 0 spiro atoms. The van der Waals surface area contributed by atoms with Crippen LogP contribution in [0.25, 0.3) is 6.08 Å². The molecule has 16 heteroatoms. The van der Waals surface area contributed by atoms with Crippen LogP contribution < -0.4 is 9.47 Å². The molecule has 270 valence electrons. The van der Waals surface area contributed by atoms with Crippen molar-refractivity contribution in [3.05, 3.63) is 101 Å². The molecule has 0 bridgehead atoms. The number of hydrogen-bond donors (Lipinski definition) is 8. The number of carbonyl (C=O) groups is 4. The highest BCUT2D eigenvalue weighted by atomic mass is 16.6. The summed E-state index contributed by atoms with van der Waals surface area (Å²) in [5.74, 6) is -8.08. The van der Waals surface area contributed by atoms with Gasteiger partial charge in [-0.1, -0.05) is 24.3 Å². The van der Waals surface area contributed by atoms with Crippen molar-refractivity contribution in [2.45, 2.75) is 37.3 Å². The number of rotatable bonds is 12. The van der Waals surface area contributed by atoms with Gasteiger partial charge in [-0.3, -0.25) is 0 Å². The van der Waals surface area contributed by atoms with Gasteiger partial charge in [0.15, 0.2) is 52.1 Å². The Hall–Kier alpha value is -7.10. The van der Waals surface area contributed by atoms with Crippen LogP contribution in [0.4, 0.5) is 0 Å². The van der Waals surface area contributed by atoms with Crippen LogP contribution in [0, 0.1) is 0 Å². The quantitative estimate of drug-likeness (QED) is 0.0593. The monoisotopic (exact) mass is 718 g/mol. The Morgan fingerprint density at radius 2 is 1.15 bits per heavy atom. The molecule has 16 nitrogen and oxygen atoms in total. The highest BCUT2D eigenvalue weighted by Gasteiger charge is 2.41. The molecular weight excluding hydrogens is 688 g/mol. The summed E-state index contributed by atoms with van der Waals surface area (Å²) in [6.07, 6.45) is -4.99. The molecule has 0 unspecified atom stereocenters. The van der Waals surface area contributed by atoms with E-state index in [0.717, 1.165) is 42.5 Å². The average molecular weight is 719 g/mol. The van der Waals surface area contributed by atoms with Gasteiger partial charge in [0.25, 0.3) is 0 Å². The lowest BCUT2D eigenvalue weighted by atomic mass is 10.0. The lowest BCUT2D eigenvalue weighted by Gasteiger charge is -2.33. The summed E-state index contributed by atoms with van der Waals surface area (Å²) >= 11 is 0. The molecule has 4 atom stereocenters. The van der Waals surface area contributed by atoms with Crippen molar-refractivity contribution in [1.29, 1.82) is 0 Å². The molecule has 0 radical (unpaired) electrons. The molecule has 1 aliphatic heterocycles. The molecule has 0 saturated carbocycles. The van der Waals surface area contributed by atoms with Gasteiger partial charge in [0.1, 0.15) is 0 Å². The smallest absolute Gasteiger partial charge is 0.352 e. The predicted molar refractivity (Wildman–Crippen MR) is 175 cm³/mol. The van der Waals surface area contributed by atoms with Crippen LogP contribution in [0.3, 0.4) is 0 Å². The van der Waals surface area contributed by atoms with E-state index in [-0.39, 0.29) is 40.2 Å². The van der Waals surface area contributed by atoms with Crippen molar-refractivity contribution >= 4 is 30.0 Å². The second-order valence-corrected chi connectivity index (χ2v) is 11.4. The van der Waals surface area contributed by atoms with E-state index in [1.807, 2.05) is 0 Å². The fourth-order valence-electron chi connectivity index (χ4n) is 5.08. The third-order valence-corrected chi connectivity index (χ3v) is 7.71. The topological polar surface area (TPSA) is 267 Å². The number of fused-ring (bicyclic) bond motifs is 1. The predicted octanol–water partition coefficient (Wildman–Crippen LogP) is 3.29. The number of phenolic OH excluding ortho intramolecular Hbond substituents is 6. The largest absolute Gasteiger partial charge is 0.504 e. The molecular formula is C36H30O16. The van der Waals surface area contributed by atoms with E-state index in [2.05, 4.69) is 0 Å². The van der Waals surface area contributed by atoms with Gasteiger partial charge in [-0.25, -0.2) is 19.2 Å². The van der Waals surface area contributed by atoms with E-state index >= 15 is 0 Å². The van der Waals surface area contributed by atoms with Gasteiger partial charge in [0.2, 0.25) is 18.3 Å². The van der Waals surface area contributed by atoms with E-state index in [1.54, 1.807) is 0 Å². The zero-order valence-electron chi connectivity index (χ0n) is 26.7. The van der Waals surface area contributed by atoms with Gasteiger partial charge in [-0.05, 0) is 71.3 Å². The first kappa shape index (κ1) is 36.2. The van der Waals surface area contributed by atoms with Gasteiger partial charge in [0.05, 0.1) is 0 Å². The van der Waals surface area contributed by atoms with Crippen LogP contribution in [0.15, 0.2) is 78.9 Å². The van der Waals surface area contributed by atoms with Crippen LogP contribution in [0.2, 0.25) is 0 Å². The Balaban J connectivity index is 1.36. The number of benzene rings is 4. The normalized spacial score (nSPS) is 16.1. The summed E-state index contributed by atoms with van der Waals surface area (Å²) < 4.78 is 22.4. The molecule has 1 heterocycles. The Bertz CT molecular complexity index is 2050. The Kier molecular flexibility index (Phi) is 10.6. The van der Waals surface area contributed by atoms with E-state index in [0.29, 0.717) is 0 Å². The molecule has 0 aliphatic carbocycles. The van der Waals surface area contributed by atoms with Crippen molar-refractivity contribution in [2.24, 2.45) is 0 Å². The molecule has 5 rings (SSSR count). The Labute approximate surface area is 293 Å². The number of ether oxygens (including phenoxy) is 4. The SMILES string of the molecule is O=C(C=Cc1ccc2c(c1)O[C@@H](C(=O)O[C@@H](Cc1ccc(O)c(O)c1)C(=O)O)[C@@H](c1ccc(O)c(O)c1)O2)O[C@H](Cc1ccc(O)c(O)c1)C(=O)O. The maximum atomic E-state index is 13.6. The molecule has 4 aromatic rings. The number of carboxylic acids is 2. The lowest BCUT2D eigenvalue weighted by Crippen LogP contribution is -2.43. The Morgan fingerprint density at radius 1 is 0.615 bits per heavy atom. The van der Waals surface area contributed by atoms with Crippen molar-refractivity contribution in [3.8, 4) is 46.0 Å². The number of aromatic hydroxyl groups is 6. The number of hydrogen-bond acceptors (Lipinski definition) is 14. The van der Waals surface area contributed by atoms with Gasteiger partial charge in [-0.2, -0.15) is 0 Å². The highest BCUT2D eigenvalue weighted by molar-refractivity contribution is 5.89. The van der Waals surface area contributed by atoms with Crippen LogP contribution >= 0.6 is 0 Å². The average Bonchev–Trinajstić information content (AvgIpc) is 3.10. The maximum absolute atomic E-state index is 13.6. The van der Waals surface area contributed by atoms with Crippen LogP contribution in [-0.2, 0) is 41.5 Å². The third-order valence-electron chi connectivity index (χ3n) is 7.71. The number of carboxylic acid groups (broad SMARTS) is 2. The van der Waals surface area contributed by atoms with Crippen molar-refractivity contribution in [1.82, 2.24) is 0 Å². The molecule has 0 saturated heterocycles. The van der Waals surface area contributed by atoms with Gasteiger partial charge in [-0.15, -0.1) is 0 Å². The summed E-state index contributed by atoms with van der Waals surface area (Å²) in [4.78, 5) is 49.9. The molecule has 0 fully saturated rings. The zero-order chi connectivity index (χ0) is 37.7. The first-order valence-electron chi connectivity index (χ1n) is 15.2. The van der Waals surface area contributed by atoms with E-state index < -0.39 is 89.2 Å². The summed E-state index contributed by atoms with van der Waals surface area (Å²) in [7, 11) is 0.